The molecule has 2 atom stereocenters. The van der Waals surface area contributed by atoms with Crippen LogP contribution >= 0.6 is 0 Å². The molecule has 1 aliphatic rings. The van der Waals surface area contributed by atoms with Crippen LogP contribution in [0.1, 0.15) is 26.2 Å². The van der Waals surface area contributed by atoms with Crippen LogP contribution in [0, 0.1) is 11.8 Å². The Bertz CT molecular complexity index is 177. The molecule has 0 aromatic heterocycles. The van der Waals surface area contributed by atoms with Crippen LogP contribution in [0.4, 0.5) is 0 Å². The maximum absolute atomic E-state index is 11.2. The first-order valence-electron chi connectivity index (χ1n) is 4.41. The highest BCUT2D eigenvalue weighted by Crippen LogP contribution is 2.30. The molecular formula is C9H14O3. The molecule has 3 nitrogen and oxygen atoms in total. The Morgan fingerprint density at radius 3 is 2.92 bits per heavy atom. The lowest BCUT2D eigenvalue weighted by molar-refractivity contribution is -0.150. The lowest BCUT2D eigenvalue weighted by Crippen LogP contribution is -2.22. The fraction of sp³-hybridized carbons (Fsp3) is 0.778. The smallest absolute Gasteiger partial charge is 0.309 e. The summed E-state index contributed by atoms with van der Waals surface area (Å²) in [5.41, 5.74) is 0. The molecule has 0 radical (unpaired) electrons. The Morgan fingerprint density at radius 2 is 2.33 bits per heavy atom. The Hall–Kier alpha value is -0.860. The Balaban J connectivity index is 2.49. The van der Waals surface area contributed by atoms with Gasteiger partial charge in [-0.25, -0.2) is 0 Å². The lowest BCUT2D eigenvalue weighted by Gasteiger charge is -2.11. The van der Waals surface area contributed by atoms with Crippen LogP contribution in [0.5, 0.6) is 0 Å². The van der Waals surface area contributed by atoms with E-state index in [1.807, 2.05) is 0 Å². The van der Waals surface area contributed by atoms with Crippen molar-refractivity contribution in [1.29, 1.82) is 0 Å². The van der Waals surface area contributed by atoms with Crippen LogP contribution in [0.3, 0.4) is 0 Å². The number of aldehydes is 1. The van der Waals surface area contributed by atoms with Crippen molar-refractivity contribution in [3.05, 3.63) is 0 Å². The zero-order chi connectivity index (χ0) is 8.97. The molecular weight excluding hydrogens is 156 g/mol. The Labute approximate surface area is 72.1 Å². The van der Waals surface area contributed by atoms with Crippen LogP contribution in [-0.4, -0.2) is 18.9 Å². The van der Waals surface area contributed by atoms with Crippen LogP contribution in [0.15, 0.2) is 0 Å². The second-order valence-electron chi connectivity index (χ2n) is 3.09. The molecule has 3 heteroatoms. The van der Waals surface area contributed by atoms with Gasteiger partial charge in [-0.1, -0.05) is 6.42 Å². The van der Waals surface area contributed by atoms with Gasteiger partial charge in [-0.15, -0.1) is 0 Å². The Kier molecular flexibility index (Phi) is 3.26. The second kappa shape index (κ2) is 4.24. The first-order valence-corrected chi connectivity index (χ1v) is 4.41. The van der Waals surface area contributed by atoms with Crippen molar-refractivity contribution in [2.75, 3.05) is 6.61 Å². The van der Waals surface area contributed by atoms with Gasteiger partial charge in [-0.2, -0.15) is 0 Å². The molecule has 0 spiro atoms. The SMILES string of the molecule is CCOC(=O)C1CCCC1C=O. The second-order valence-corrected chi connectivity index (χ2v) is 3.09. The highest BCUT2D eigenvalue weighted by Gasteiger charge is 2.33. The summed E-state index contributed by atoms with van der Waals surface area (Å²) in [5, 5.41) is 0. The summed E-state index contributed by atoms with van der Waals surface area (Å²) >= 11 is 0. The first-order chi connectivity index (χ1) is 5.79. The summed E-state index contributed by atoms with van der Waals surface area (Å²) in [6, 6.07) is 0. The van der Waals surface area contributed by atoms with Gasteiger partial charge in [0.15, 0.2) is 0 Å². The summed E-state index contributed by atoms with van der Waals surface area (Å²) in [6.07, 6.45) is 3.50. The van der Waals surface area contributed by atoms with Crippen molar-refractivity contribution in [3.8, 4) is 0 Å². The van der Waals surface area contributed by atoms with E-state index in [4.69, 9.17) is 4.74 Å². The zero-order valence-corrected chi connectivity index (χ0v) is 7.29. The minimum absolute atomic E-state index is 0.0935. The van der Waals surface area contributed by atoms with Crippen molar-refractivity contribution in [1.82, 2.24) is 0 Å². The van der Waals surface area contributed by atoms with Crippen LogP contribution in [0.25, 0.3) is 0 Å². The topological polar surface area (TPSA) is 43.4 Å². The molecule has 0 heterocycles. The van der Waals surface area contributed by atoms with Gasteiger partial charge >= 0.3 is 5.97 Å². The number of esters is 1. The number of rotatable bonds is 3. The number of carbonyl (C=O) groups excluding carboxylic acids is 2. The van der Waals surface area contributed by atoms with E-state index < -0.39 is 0 Å². The van der Waals surface area contributed by atoms with Gasteiger partial charge in [0.25, 0.3) is 0 Å². The predicted molar refractivity (Wildman–Crippen MR) is 43.5 cm³/mol. The third-order valence-electron chi connectivity index (χ3n) is 2.33. The standard InChI is InChI=1S/C9H14O3/c1-2-12-9(11)8-5-3-4-7(8)6-10/h6-8H,2-5H2,1H3. The van der Waals surface area contributed by atoms with E-state index in [0.29, 0.717) is 6.61 Å². The van der Waals surface area contributed by atoms with Gasteiger partial charge < -0.3 is 9.53 Å². The summed E-state index contributed by atoms with van der Waals surface area (Å²) in [6.45, 7) is 2.18. The van der Waals surface area contributed by atoms with Gasteiger partial charge in [0.05, 0.1) is 12.5 Å². The predicted octanol–water partition coefficient (Wildman–Crippen LogP) is 1.16. The number of hydrogen-bond donors (Lipinski definition) is 0. The fourth-order valence-electron chi connectivity index (χ4n) is 1.69. The van der Waals surface area contributed by atoms with Crippen molar-refractivity contribution in [3.63, 3.8) is 0 Å². The van der Waals surface area contributed by atoms with Gasteiger partial charge in [0.2, 0.25) is 0 Å². The normalized spacial score (nSPS) is 28.4. The molecule has 1 saturated carbocycles. The highest BCUT2D eigenvalue weighted by molar-refractivity contribution is 5.77. The number of hydrogen-bond acceptors (Lipinski definition) is 3. The van der Waals surface area contributed by atoms with E-state index in [1.165, 1.54) is 0 Å². The molecule has 1 aliphatic carbocycles. The summed E-state index contributed by atoms with van der Waals surface area (Å²) < 4.78 is 4.86. The summed E-state index contributed by atoms with van der Waals surface area (Å²) in [7, 11) is 0. The van der Waals surface area contributed by atoms with E-state index in [2.05, 4.69) is 0 Å². The van der Waals surface area contributed by atoms with Crippen molar-refractivity contribution >= 4 is 12.3 Å². The van der Waals surface area contributed by atoms with Crippen molar-refractivity contribution in [2.24, 2.45) is 11.8 Å². The Morgan fingerprint density at radius 1 is 1.58 bits per heavy atom. The summed E-state index contributed by atoms with van der Waals surface area (Å²) in [5.74, 6) is -0.460. The molecule has 0 aliphatic heterocycles. The quantitative estimate of drug-likeness (QED) is 0.471. The maximum atomic E-state index is 11.2. The third-order valence-corrected chi connectivity index (χ3v) is 2.33. The van der Waals surface area contributed by atoms with Crippen molar-refractivity contribution < 1.29 is 14.3 Å². The molecule has 1 rings (SSSR count). The average molecular weight is 170 g/mol. The molecule has 0 amide bonds. The van der Waals surface area contributed by atoms with Crippen molar-refractivity contribution in [2.45, 2.75) is 26.2 Å². The van der Waals surface area contributed by atoms with E-state index in [0.717, 1.165) is 25.5 Å². The lowest BCUT2D eigenvalue weighted by atomic mass is 9.98. The fourth-order valence-corrected chi connectivity index (χ4v) is 1.69. The molecule has 0 N–H and O–H groups in total. The number of ether oxygens (including phenoxy) is 1. The molecule has 12 heavy (non-hydrogen) atoms. The van der Waals surface area contributed by atoms with Gasteiger partial charge in [-0.05, 0) is 19.8 Å². The molecule has 68 valence electrons. The average Bonchev–Trinajstić information content (AvgIpc) is 2.51. The minimum Gasteiger partial charge on any atom is -0.466 e. The van der Waals surface area contributed by atoms with Gasteiger partial charge in [0, 0.05) is 5.92 Å². The summed E-state index contributed by atoms with van der Waals surface area (Å²) in [4.78, 5) is 21.8. The molecule has 1 fully saturated rings. The third kappa shape index (κ3) is 1.84. The monoisotopic (exact) mass is 170 g/mol. The number of carbonyl (C=O) groups is 2. The highest BCUT2D eigenvalue weighted by atomic mass is 16.5. The molecule has 2 unspecified atom stereocenters. The molecule has 0 aromatic rings. The largest absolute Gasteiger partial charge is 0.466 e. The first kappa shape index (κ1) is 9.23. The van der Waals surface area contributed by atoms with Gasteiger partial charge in [0.1, 0.15) is 6.29 Å². The zero-order valence-electron chi connectivity index (χ0n) is 7.29. The van der Waals surface area contributed by atoms with E-state index >= 15 is 0 Å². The minimum atomic E-state index is -0.202. The van der Waals surface area contributed by atoms with E-state index in [1.54, 1.807) is 6.92 Å². The van der Waals surface area contributed by atoms with E-state index in [-0.39, 0.29) is 17.8 Å². The molecule has 0 bridgehead atoms. The maximum Gasteiger partial charge on any atom is 0.309 e. The molecule has 0 saturated heterocycles. The van der Waals surface area contributed by atoms with Crippen LogP contribution < -0.4 is 0 Å². The molecule has 0 aromatic carbocycles. The van der Waals surface area contributed by atoms with E-state index in [9.17, 15) is 9.59 Å². The van der Waals surface area contributed by atoms with Gasteiger partial charge in [-0.3, -0.25) is 4.79 Å². The van der Waals surface area contributed by atoms with Crippen LogP contribution in [0.2, 0.25) is 0 Å². The van der Waals surface area contributed by atoms with Crippen LogP contribution in [-0.2, 0) is 14.3 Å².